The molecule has 21 heavy (non-hydrogen) atoms. The van der Waals surface area contributed by atoms with Gasteiger partial charge in [0.1, 0.15) is 10.6 Å². The Labute approximate surface area is 128 Å². The molecule has 1 fully saturated rings. The summed E-state index contributed by atoms with van der Waals surface area (Å²) in [6.07, 6.45) is 3.55. The van der Waals surface area contributed by atoms with Gasteiger partial charge in [0, 0.05) is 25.1 Å². The maximum absolute atomic E-state index is 5.72. The molecule has 1 atom stereocenters. The number of anilines is 2. The van der Waals surface area contributed by atoms with E-state index in [2.05, 4.69) is 33.3 Å². The van der Waals surface area contributed by atoms with Gasteiger partial charge in [-0.3, -0.25) is 5.43 Å². The van der Waals surface area contributed by atoms with E-state index in [4.69, 9.17) is 10.6 Å². The van der Waals surface area contributed by atoms with Crippen molar-refractivity contribution in [1.82, 2.24) is 9.97 Å². The lowest BCUT2D eigenvalue weighted by Crippen LogP contribution is -2.29. The van der Waals surface area contributed by atoms with Crippen LogP contribution >= 0.6 is 11.3 Å². The highest BCUT2D eigenvalue weighted by Crippen LogP contribution is 2.32. The van der Waals surface area contributed by atoms with Gasteiger partial charge in [-0.15, -0.1) is 11.3 Å². The number of rotatable bonds is 5. The summed E-state index contributed by atoms with van der Waals surface area (Å²) < 4.78 is 5.72. The van der Waals surface area contributed by atoms with E-state index in [1.807, 2.05) is 7.05 Å². The number of nitrogens with two attached hydrogens (primary N) is 1. The van der Waals surface area contributed by atoms with Gasteiger partial charge in [-0.2, -0.15) is 4.98 Å². The molecular weight excluding hydrogens is 286 g/mol. The summed E-state index contributed by atoms with van der Waals surface area (Å²) in [5.74, 6) is 6.87. The monoisotopic (exact) mass is 307 g/mol. The smallest absolute Gasteiger partial charge is 0.240 e. The standard InChI is InChI=1S/C14H21N5OS/c1-3-10-7-11-12(16-14(18-15)17-13(11)21-10)19(2)8-9-5-4-6-20-9/h7,9H,3-6,8,15H2,1-2H3,(H,16,17,18). The maximum Gasteiger partial charge on any atom is 0.240 e. The molecule has 2 aromatic heterocycles. The van der Waals surface area contributed by atoms with Crippen molar-refractivity contribution in [2.45, 2.75) is 32.3 Å². The van der Waals surface area contributed by atoms with Crippen LogP contribution < -0.4 is 16.2 Å². The first kappa shape index (κ1) is 14.5. The van der Waals surface area contributed by atoms with Crippen molar-refractivity contribution >= 4 is 33.3 Å². The molecule has 1 aliphatic heterocycles. The average Bonchev–Trinajstić information content (AvgIpc) is 3.14. The van der Waals surface area contributed by atoms with Crippen LogP contribution in [0.2, 0.25) is 0 Å². The molecule has 0 spiro atoms. The SMILES string of the molecule is CCc1cc2c(N(C)CC3CCCO3)nc(NN)nc2s1. The number of nitrogens with zero attached hydrogens (tertiary/aromatic N) is 3. The Kier molecular flexibility index (Phi) is 4.23. The van der Waals surface area contributed by atoms with Crippen LogP contribution in [-0.2, 0) is 11.2 Å². The van der Waals surface area contributed by atoms with Crippen molar-refractivity contribution in [3.63, 3.8) is 0 Å². The number of ether oxygens (including phenoxy) is 1. The highest BCUT2D eigenvalue weighted by molar-refractivity contribution is 7.18. The van der Waals surface area contributed by atoms with Crippen molar-refractivity contribution in [2.24, 2.45) is 5.84 Å². The van der Waals surface area contributed by atoms with Crippen LogP contribution in [0.1, 0.15) is 24.6 Å². The van der Waals surface area contributed by atoms with Gasteiger partial charge in [0.15, 0.2) is 0 Å². The lowest BCUT2D eigenvalue weighted by atomic mass is 10.2. The summed E-state index contributed by atoms with van der Waals surface area (Å²) in [5, 5.41) is 1.09. The Morgan fingerprint density at radius 3 is 3.05 bits per heavy atom. The Morgan fingerprint density at radius 1 is 1.52 bits per heavy atom. The van der Waals surface area contributed by atoms with E-state index >= 15 is 0 Å². The minimum atomic E-state index is 0.290. The summed E-state index contributed by atoms with van der Waals surface area (Å²) in [7, 11) is 2.05. The normalized spacial score (nSPS) is 18.3. The van der Waals surface area contributed by atoms with Gasteiger partial charge >= 0.3 is 0 Å². The third-order valence-electron chi connectivity index (χ3n) is 3.76. The van der Waals surface area contributed by atoms with Crippen molar-refractivity contribution in [2.75, 3.05) is 30.5 Å². The van der Waals surface area contributed by atoms with Crippen molar-refractivity contribution in [3.8, 4) is 0 Å². The van der Waals surface area contributed by atoms with E-state index in [1.165, 1.54) is 4.88 Å². The van der Waals surface area contributed by atoms with Gasteiger partial charge in [0.2, 0.25) is 5.95 Å². The van der Waals surface area contributed by atoms with Gasteiger partial charge < -0.3 is 9.64 Å². The van der Waals surface area contributed by atoms with Gasteiger partial charge in [-0.05, 0) is 25.3 Å². The average molecular weight is 307 g/mol. The first-order valence-electron chi connectivity index (χ1n) is 7.31. The first-order chi connectivity index (χ1) is 10.2. The van der Waals surface area contributed by atoms with Crippen LogP contribution in [0.3, 0.4) is 0 Å². The molecule has 0 radical (unpaired) electrons. The zero-order chi connectivity index (χ0) is 14.8. The summed E-state index contributed by atoms with van der Waals surface area (Å²) in [5.41, 5.74) is 2.56. The number of nitrogens with one attached hydrogen (secondary N) is 1. The molecule has 0 aromatic carbocycles. The second-order valence-electron chi connectivity index (χ2n) is 5.32. The van der Waals surface area contributed by atoms with Crippen LogP contribution in [0.15, 0.2) is 6.07 Å². The van der Waals surface area contributed by atoms with Crippen molar-refractivity contribution in [1.29, 1.82) is 0 Å². The molecule has 6 nitrogen and oxygen atoms in total. The highest BCUT2D eigenvalue weighted by atomic mass is 32.1. The van der Waals surface area contributed by atoms with Crippen LogP contribution in [0.5, 0.6) is 0 Å². The zero-order valence-corrected chi connectivity index (χ0v) is 13.2. The van der Waals surface area contributed by atoms with Crippen LogP contribution in [0.25, 0.3) is 10.2 Å². The number of likely N-dealkylation sites (N-methyl/N-ethyl adjacent to an activating group) is 1. The van der Waals surface area contributed by atoms with Gasteiger partial charge in [0.25, 0.3) is 0 Å². The minimum Gasteiger partial charge on any atom is -0.376 e. The fourth-order valence-electron chi connectivity index (χ4n) is 2.67. The van der Waals surface area contributed by atoms with Crippen molar-refractivity contribution in [3.05, 3.63) is 10.9 Å². The molecule has 0 amide bonds. The Balaban J connectivity index is 1.95. The molecule has 114 valence electrons. The predicted octanol–water partition coefficient (Wildman–Crippen LogP) is 2.15. The number of nitrogen functional groups attached to an aromatic ring is 1. The Morgan fingerprint density at radius 2 is 2.38 bits per heavy atom. The van der Waals surface area contributed by atoms with Gasteiger partial charge in [-0.25, -0.2) is 10.8 Å². The summed E-state index contributed by atoms with van der Waals surface area (Å²) >= 11 is 1.70. The highest BCUT2D eigenvalue weighted by Gasteiger charge is 2.20. The van der Waals surface area contributed by atoms with E-state index in [9.17, 15) is 0 Å². The van der Waals surface area contributed by atoms with Crippen molar-refractivity contribution < 1.29 is 4.74 Å². The van der Waals surface area contributed by atoms with E-state index in [-0.39, 0.29) is 0 Å². The number of aromatic nitrogens is 2. The quantitative estimate of drug-likeness (QED) is 0.651. The third kappa shape index (κ3) is 2.95. The Bertz CT molecular complexity index is 623. The molecule has 1 aliphatic rings. The summed E-state index contributed by atoms with van der Waals surface area (Å²) in [4.78, 5) is 13.4. The minimum absolute atomic E-state index is 0.290. The number of hydrazine groups is 1. The van der Waals surface area contributed by atoms with Crippen LogP contribution in [0, 0.1) is 0 Å². The number of fused-ring (bicyclic) bond motifs is 1. The predicted molar refractivity (Wildman–Crippen MR) is 86.8 cm³/mol. The maximum atomic E-state index is 5.72. The molecule has 1 unspecified atom stereocenters. The van der Waals surface area contributed by atoms with Gasteiger partial charge in [-0.1, -0.05) is 6.92 Å². The molecule has 0 saturated carbocycles. The van der Waals surface area contributed by atoms with E-state index < -0.39 is 0 Å². The second-order valence-corrected chi connectivity index (χ2v) is 6.43. The zero-order valence-electron chi connectivity index (χ0n) is 12.4. The summed E-state index contributed by atoms with van der Waals surface area (Å²) in [6, 6.07) is 2.18. The molecule has 2 aromatic rings. The van der Waals surface area contributed by atoms with E-state index in [0.29, 0.717) is 12.1 Å². The fraction of sp³-hybridized carbons (Fsp3) is 0.571. The van der Waals surface area contributed by atoms with E-state index in [0.717, 1.165) is 48.4 Å². The van der Waals surface area contributed by atoms with Crippen LogP contribution in [-0.4, -0.2) is 36.3 Å². The molecule has 3 rings (SSSR count). The molecule has 3 heterocycles. The summed E-state index contributed by atoms with van der Waals surface area (Å²) in [6.45, 7) is 3.86. The lowest BCUT2D eigenvalue weighted by Gasteiger charge is -2.22. The molecule has 7 heteroatoms. The fourth-order valence-corrected chi connectivity index (χ4v) is 3.63. The molecule has 3 N–H and O–H groups in total. The molecule has 1 saturated heterocycles. The largest absolute Gasteiger partial charge is 0.376 e. The number of hydrogen-bond acceptors (Lipinski definition) is 7. The second kappa shape index (κ2) is 6.13. The lowest BCUT2D eigenvalue weighted by molar-refractivity contribution is 0.116. The van der Waals surface area contributed by atoms with E-state index in [1.54, 1.807) is 11.3 Å². The molecular formula is C14H21N5OS. The topological polar surface area (TPSA) is 76.3 Å². The van der Waals surface area contributed by atoms with Crippen LogP contribution in [0.4, 0.5) is 11.8 Å². The first-order valence-corrected chi connectivity index (χ1v) is 8.12. The number of aryl methyl sites for hydroxylation is 1. The molecule has 0 bridgehead atoms. The third-order valence-corrected chi connectivity index (χ3v) is 4.94. The number of thiophene rings is 1. The Hall–Kier alpha value is -1.44. The molecule has 0 aliphatic carbocycles. The van der Waals surface area contributed by atoms with Gasteiger partial charge in [0.05, 0.1) is 11.5 Å². The number of hydrogen-bond donors (Lipinski definition) is 2.